The lowest BCUT2D eigenvalue weighted by Gasteiger charge is -2.14. The number of benzene rings is 1. The topological polar surface area (TPSA) is 59.0 Å². The largest absolute Gasteiger partial charge is 0.490 e. The van der Waals surface area contributed by atoms with Gasteiger partial charge in [0.1, 0.15) is 0 Å². The van der Waals surface area contributed by atoms with Gasteiger partial charge in [-0.1, -0.05) is 19.1 Å². The Bertz CT molecular complexity index is 415. The van der Waals surface area contributed by atoms with Crippen molar-refractivity contribution in [1.82, 2.24) is 0 Å². The standard InChI is InChI=1S/C14H19FN2O/c1-2-12(17)10-11-6-5-7-13(15)14(11)18-9-4-3-8-16/h5-7,12H,2-4,9-10,17H2,1H3. The van der Waals surface area contributed by atoms with E-state index in [4.69, 9.17) is 15.7 Å². The van der Waals surface area contributed by atoms with E-state index >= 15 is 0 Å². The van der Waals surface area contributed by atoms with Gasteiger partial charge in [0.2, 0.25) is 0 Å². The highest BCUT2D eigenvalue weighted by Crippen LogP contribution is 2.24. The van der Waals surface area contributed by atoms with Crippen LogP contribution in [0.25, 0.3) is 0 Å². The number of rotatable bonds is 7. The van der Waals surface area contributed by atoms with Gasteiger partial charge in [-0.05, 0) is 30.9 Å². The van der Waals surface area contributed by atoms with Gasteiger partial charge in [0.15, 0.2) is 11.6 Å². The van der Waals surface area contributed by atoms with Crippen LogP contribution in [0.3, 0.4) is 0 Å². The van der Waals surface area contributed by atoms with Crippen LogP contribution in [0.2, 0.25) is 0 Å². The summed E-state index contributed by atoms with van der Waals surface area (Å²) < 4.78 is 19.1. The molecule has 0 aromatic heterocycles. The molecule has 4 heteroatoms. The molecule has 1 atom stereocenters. The maximum absolute atomic E-state index is 13.7. The van der Waals surface area contributed by atoms with Gasteiger partial charge in [-0.3, -0.25) is 0 Å². The van der Waals surface area contributed by atoms with Gasteiger partial charge in [-0.15, -0.1) is 0 Å². The second-order valence-corrected chi connectivity index (χ2v) is 4.21. The Morgan fingerprint density at radius 2 is 2.28 bits per heavy atom. The molecule has 1 aromatic rings. The smallest absolute Gasteiger partial charge is 0.165 e. The summed E-state index contributed by atoms with van der Waals surface area (Å²) in [7, 11) is 0. The minimum atomic E-state index is -0.368. The van der Waals surface area contributed by atoms with Crippen LogP contribution in [-0.4, -0.2) is 12.6 Å². The molecule has 0 saturated heterocycles. The summed E-state index contributed by atoms with van der Waals surface area (Å²) in [4.78, 5) is 0. The number of nitriles is 1. The second kappa shape index (κ2) is 7.67. The summed E-state index contributed by atoms with van der Waals surface area (Å²) in [5.41, 5.74) is 6.67. The molecule has 3 nitrogen and oxygen atoms in total. The third-order valence-electron chi connectivity index (χ3n) is 2.73. The van der Waals surface area contributed by atoms with Gasteiger partial charge < -0.3 is 10.5 Å². The number of para-hydroxylation sites is 1. The van der Waals surface area contributed by atoms with Crippen LogP contribution in [0, 0.1) is 17.1 Å². The first kappa shape index (κ1) is 14.5. The Kier molecular flexibility index (Phi) is 6.16. The van der Waals surface area contributed by atoms with Gasteiger partial charge in [0.25, 0.3) is 0 Å². The Balaban J connectivity index is 2.71. The van der Waals surface area contributed by atoms with Gasteiger partial charge in [-0.2, -0.15) is 5.26 Å². The SMILES string of the molecule is CCC(N)Cc1cccc(F)c1OCCCC#N. The molecule has 98 valence electrons. The highest BCUT2D eigenvalue weighted by molar-refractivity contribution is 5.35. The molecule has 0 aliphatic carbocycles. The first-order chi connectivity index (χ1) is 8.69. The molecule has 1 rings (SSSR count). The first-order valence-electron chi connectivity index (χ1n) is 6.21. The predicted molar refractivity (Wildman–Crippen MR) is 68.7 cm³/mol. The van der Waals surface area contributed by atoms with Crippen molar-refractivity contribution in [1.29, 1.82) is 5.26 Å². The number of unbranched alkanes of at least 4 members (excludes halogenated alkanes) is 1. The van der Waals surface area contributed by atoms with Crippen molar-refractivity contribution in [3.8, 4) is 11.8 Å². The molecule has 0 spiro atoms. The molecule has 0 amide bonds. The Labute approximate surface area is 107 Å². The minimum absolute atomic E-state index is 0.00765. The molecule has 0 saturated carbocycles. The van der Waals surface area contributed by atoms with Crippen molar-refractivity contribution in [3.63, 3.8) is 0 Å². The third kappa shape index (κ3) is 4.34. The Morgan fingerprint density at radius 3 is 2.94 bits per heavy atom. The van der Waals surface area contributed by atoms with E-state index in [9.17, 15) is 4.39 Å². The Hall–Kier alpha value is -1.60. The van der Waals surface area contributed by atoms with Crippen molar-refractivity contribution in [2.75, 3.05) is 6.61 Å². The molecule has 0 aliphatic rings. The molecule has 18 heavy (non-hydrogen) atoms. The number of nitrogens with zero attached hydrogens (tertiary/aromatic N) is 1. The molecule has 0 radical (unpaired) electrons. The van der Waals surface area contributed by atoms with Gasteiger partial charge in [-0.25, -0.2) is 4.39 Å². The molecular formula is C14H19FN2O. The second-order valence-electron chi connectivity index (χ2n) is 4.21. The minimum Gasteiger partial charge on any atom is -0.490 e. The first-order valence-corrected chi connectivity index (χ1v) is 6.21. The lowest BCUT2D eigenvalue weighted by atomic mass is 10.0. The molecule has 1 unspecified atom stereocenters. The number of ether oxygens (including phenoxy) is 1. The fourth-order valence-corrected chi connectivity index (χ4v) is 1.63. The fourth-order valence-electron chi connectivity index (χ4n) is 1.63. The number of nitrogens with two attached hydrogens (primary N) is 1. The van der Waals surface area contributed by atoms with E-state index in [2.05, 4.69) is 0 Å². The van der Waals surface area contributed by atoms with Crippen LogP contribution >= 0.6 is 0 Å². The Morgan fingerprint density at radius 1 is 1.50 bits per heavy atom. The van der Waals surface area contributed by atoms with E-state index in [1.54, 1.807) is 6.07 Å². The zero-order valence-electron chi connectivity index (χ0n) is 10.7. The van der Waals surface area contributed by atoms with E-state index < -0.39 is 0 Å². The van der Waals surface area contributed by atoms with Gasteiger partial charge >= 0.3 is 0 Å². The van der Waals surface area contributed by atoms with Crippen LogP contribution in [0.15, 0.2) is 18.2 Å². The van der Waals surface area contributed by atoms with Crippen LogP contribution in [0.4, 0.5) is 4.39 Å². The van der Waals surface area contributed by atoms with Crippen molar-refractivity contribution in [2.45, 2.75) is 38.6 Å². The highest BCUT2D eigenvalue weighted by atomic mass is 19.1. The van der Waals surface area contributed by atoms with E-state index in [-0.39, 0.29) is 17.6 Å². The van der Waals surface area contributed by atoms with Crippen molar-refractivity contribution in [2.24, 2.45) is 5.73 Å². The zero-order chi connectivity index (χ0) is 13.4. The maximum atomic E-state index is 13.7. The van der Waals surface area contributed by atoms with Gasteiger partial charge in [0.05, 0.1) is 12.7 Å². The van der Waals surface area contributed by atoms with Crippen LogP contribution < -0.4 is 10.5 Å². The lowest BCUT2D eigenvalue weighted by Crippen LogP contribution is -2.22. The lowest BCUT2D eigenvalue weighted by molar-refractivity contribution is 0.293. The number of hydrogen-bond donors (Lipinski definition) is 1. The van der Waals surface area contributed by atoms with E-state index in [0.717, 1.165) is 12.0 Å². The fraction of sp³-hybridized carbons (Fsp3) is 0.500. The molecule has 2 N–H and O–H groups in total. The zero-order valence-corrected chi connectivity index (χ0v) is 10.7. The third-order valence-corrected chi connectivity index (χ3v) is 2.73. The molecule has 0 fully saturated rings. The molecule has 0 bridgehead atoms. The molecule has 0 aliphatic heterocycles. The summed E-state index contributed by atoms with van der Waals surface area (Å²) in [5, 5.41) is 8.43. The quantitative estimate of drug-likeness (QED) is 0.757. The summed E-state index contributed by atoms with van der Waals surface area (Å²) >= 11 is 0. The van der Waals surface area contributed by atoms with E-state index in [1.165, 1.54) is 6.07 Å². The normalized spacial score (nSPS) is 11.9. The highest BCUT2D eigenvalue weighted by Gasteiger charge is 2.12. The summed E-state index contributed by atoms with van der Waals surface area (Å²) in [6.07, 6.45) is 2.45. The predicted octanol–water partition coefficient (Wildman–Crippen LogP) is 2.79. The molecule has 1 aromatic carbocycles. The van der Waals surface area contributed by atoms with E-state index in [1.807, 2.05) is 19.1 Å². The molecule has 0 heterocycles. The van der Waals surface area contributed by atoms with Crippen LogP contribution in [0.1, 0.15) is 31.7 Å². The molecular weight excluding hydrogens is 231 g/mol. The summed E-state index contributed by atoms with van der Waals surface area (Å²) in [5.74, 6) is -0.0906. The maximum Gasteiger partial charge on any atom is 0.165 e. The van der Waals surface area contributed by atoms with Crippen molar-refractivity contribution >= 4 is 0 Å². The average molecular weight is 250 g/mol. The van der Waals surface area contributed by atoms with Crippen LogP contribution in [0.5, 0.6) is 5.75 Å². The van der Waals surface area contributed by atoms with Crippen molar-refractivity contribution < 1.29 is 9.13 Å². The number of halogens is 1. The summed E-state index contributed by atoms with van der Waals surface area (Å²) in [6, 6.07) is 6.91. The van der Waals surface area contributed by atoms with Crippen molar-refractivity contribution in [3.05, 3.63) is 29.6 Å². The number of hydrogen-bond acceptors (Lipinski definition) is 3. The van der Waals surface area contributed by atoms with E-state index in [0.29, 0.717) is 25.9 Å². The monoisotopic (exact) mass is 250 g/mol. The van der Waals surface area contributed by atoms with Crippen LogP contribution in [-0.2, 0) is 6.42 Å². The summed E-state index contributed by atoms with van der Waals surface area (Å²) in [6.45, 7) is 2.35. The van der Waals surface area contributed by atoms with Gasteiger partial charge in [0, 0.05) is 12.5 Å². The average Bonchev–Trinajstić information content (AvgIpc) is 2.37.